The fraction of sp³-hybridized carbons (Fsp3) is 0.222. The number of hydrogen-bond acceptors (Lipinski definition) is 5. The molecule has 0 spiro atoms. The van der Waals surface area contributed by atoms with E-state index in [1.54, 1.807) is 0 Å². The van der Waals surface area contributed by atoms with Crippen molar-refractivity contribution in [2.45, 2.75) is 27.7 Å². The van der Waals surface area contributed by atoms with Gasteiger partial charge in [-0.3, -0.25) is 4.99 Å². The van der Waals surface area contributed by atoms with E-state index in [9.17, 15) is 19.8 Å². The Bertz CT molecular complexity index is 1480. The SMILES string of the molecule is CC/N=c1/cc2oc3cc(NCC)c(C)cc3c(-c3cc(C(=O)O)ccc3C(=O)O)c-2cc1C. The fourth-order valence-electron chi connectivity index (χ4n) is 4.27. The van der Waals surface area contributed by atoms with Crippen LogP contribution in [0.5, 0.6) is 0 Å². The Morgan fingerprint density at radius 2 is 1.71 bits per heavy atom. The lowest BCUT2D eigenvalue weighted by Crippen LogP contribution is -2.10. The van der Waals surface area contributed by atoms with Crippen LogP contribution in [0.15, 0.2) is 51.9 Å². The number of anilines is 1. The van der Waals surface area contributed by atoms with Crippen LogP contribution >= 0.6 is 0 Å². The van der Waals surface area contributed by atoms with Crippen LogP contribution in [0.4, 0.5) is 5.69 Å². The van der Waals surface area contributed by atoms with Crippen LogP contribution in [0.3, 0.4) is 0 Å². The number of aryl methyl sites for hydroxylation is 2. The van der Waals surface area contributed by atoms with Crippen molar-refractivity contribution in [2.75, 3.05) is 18.4 Å². The predicted molar refractivity (Wildman–Crippen MR) is 132 cm³/mol. The van der Waals surface area contributed by atoms with Crippen LogP contribution < -0.4 is 10.7 Å². The molecule has 7 nitrogen and oxygen atoms in total. The number of hydrogen-bond donors (Lipinski definition) is 3. The van der Waals surface area contributed by atoms with E-state index < -0.39 is 11.9 Å². The first-order valence-electron chi connectivity index (χ1n) is 11.1. The standard InChI is InChI=1S/C27H26N2O5/c1-5-28-21-12-23-19(9-14(21)3)25(18-11-16(26(30)31)7-8-17(18)27(32)33)20-10-15(4)22(29-6-2)13-24(20)34-23/h7-13,28H,5-6H2,1-4H3,(H,30,31)(H,32,33)/b29-22-. The quantitative estimate of drug-likeness (QED) is 0.326. The monoisotopic (exact) mass is 458 g/mol. The maximum Gasteiger partial charge on any atom is 0.336 e. The van der Waals surface area contributed by atoms with Gasteiger partial charge in [-0.15, -0.1) is 0 Å². The van der Waals surface area contributed by atoms with Gasteiger partial charge < -0.3 is 19.9 Å². The first-order chi connectivity index (χ1) is 16.2. The molecule has 1 aliphatic heterocycles. The first kappa shape index (κ1) is 23.0. The zero-order chi connectivity index (χ0) is 24.6. The van der Waals surface area contributed by atoms with Gasteiger partial charge in [0.15, 0.2) is 0 Å². The number of nitrogens with one attached hydrogen (secondary N) is 1. The molecular weight excluding hydrogens is 432 g/mol. The number of fused-ring (bicyclic) bond motifs is 2. The van der Waals surface area contributed by atoms with Crippen molar-refractivity contribution in [3.05, 3.63) is 70.1 Å². The van der Waals surface area contributed by atoms with E-state index in [2.05, 4.69) is 10.3 Å². The molecule has 0 saturated heterocycles. The van der Waals surface area contributed by atoms with Gasteiger partial charge in [0, 0.05) is 47.4 Å². The third kappa shape index (κ3) is 4.01. The second-order valence-corrected chi connectivity index (χ2v) is 8.15. The maximum atomic E-state index is 12.2. The van der Waals surface area contributed by atoms with E-state index >= 15 is 0 Å². The molecule has 1 heterocycles. The Kier molecular flexibility index (Phi) is 6.11. The van der Waals surface area contributed by atoms with E-state index in [0.29, 0.717) is 40.0 Å². The molecule has 0 amide bonds. The van der Waals surface area contributed by atoms with Crippen LogP contribution in [0, 0.1) is 13.8 Å². The Labute approximate surface area is 196 Å². The van der Waals surface area contributed by atoms with E-state index in [1.807, 2.05) is 52.0 Å². The third-order valence-corrected chi connectivity index (χ3v) is 5.85. The van der Waals surface area contributed by atoms with Gasteiger partial charge in [0.2, 0.25) is 0 Å². The van der Waals surface area contributed by atoms with Crippen molar-refractivity contribution in [1.82, 2.24) is 0 Å². The molecule has 7 heteroatoms. The van der Waals surface area contributed by atoms with Crippen LogP contribution in [-0.2, 0) is 0 Å². The Balaban J connectivity index is 2.23. The normalized spacial score (nSPS) is 11.8. The van der Waals surface area contributed by atoms with E-state index in [0.717, 1.165) is 28.7 Å². The van der Waals surface area contributed by atoms with Gasteiger partial charge in [-0.25, -0.2) is 9.59 Å². The van der Waals surface area contributed by atoms with Crippen LogP contribution in [0.1, 0.15) is 45.7 Å². The molecule has 0 bridgehead atoms. The zero-order valence-corrected chi connectivity index (χ0v) is 19.5. The molecule has 0 aromatic heterocycles. The summed E-state index contributed by atoms with van der Waals surface area (Å²) in [6.45, 7) is 9.20. The van der Waals surface area contributed by atoms with Gasteiger partial charge in [0.05, 0.1) is 16.5 Å². The van der Waals surface area contributed by atoms with Crippen molar-refractivity contribution in [3.8, 4) is 22.5 Å². The topological polar surface area (TPSA) is 112 Å². The van der Waals surface area contributed by atoms with Crippen molar-refractivity contribution < 1.29 is 24.2 Å². The molecule has 0 atom stereocenters. The third-order valence-electron chi connectivity index (χ3n) is 5.85. The minimum Gasteiger partial charge on any atom is -0.478 e. The van der Waals surface area contributed by atoms with Crippen molar-refractivity contribution in [2.24, 2.45) is 4.99 Å². The highest BCUT2D eigenvalue weighted by atomic mass is 16.4. The number of rotatable bonds is 6. The lowest BCUT2D eigenvalue weighted by molar-refractivity contribution is 0.0682. The van der Waals surface area contributed by atoms with Gasteiger partial charge in [0.1, 0.15) is 11.3 Å². The molecule has 174 valence electrons. The molecule has 0 fully saturated rings. The van der Waals surface area contributed by atoms with Crippen molar-refractivity contribution >= 4 is 28.6 Å². The number of nitrogens with zero attached hydrogens (tertiary/aromatic N) is 1. The summed E-state index contributed by atoms with van der Waals surface area (Å²) in [7, 11) is 0. The minimum atomic E-state index is -1.13. The van der Waals surface area contributed by atoms with Crippen molar-refractivity contribution in [1.29, 1.82) is 0 Å². The Morgan fingerprint density at radius 3 is 2.35 bits per heavy atom. The molecule has 3 N–H and O–H groups in total. The fourth-order valence-corrected chi connectivity index (χ4v) is 4.27. The van der Waals surface area contributed by atoms with Gasteiger partial charge in [0.25, 0.3) is 0 Å². The highest BCUT2D eigenvalue weighted by Gasteiger charge is 2.24. The lowest BCUT2D eigenvalue weighted by atomic mass is 9.88. The molecule has 1 aliphatic carbocycles. The van der Waals surface area contributed by atoms with Crippen LogP contribution in [0.25, 0.3) is 33.4 Å². The van der Waals surface area contributed by atoms with Gasteiger partial charge in [-0.2, -0.15) is 0 Å². The van der Waals surface area contributed by atoms with E-state index in [4.69, 9.17) is 4.42 Å². The number of carboxylic acids is 2. The minimum absolute atomic E-state index is 0.0115. The lowest BCUT2D eigenvalue weighted by Gasteiger charge is -2.19. The summed E-state index contributed by atoms with van der Waals surface area (Å²) in [5.41, 5.74) is 5.02. The molecule has 0 saturated carbocycles. The summed E-state index contributed by atoms with van der Waals surface area (Å²) in [4.78, 5) is 28.5. The largest absolute Gasteiger partial charge is 0.478 e. The summed E-state index contributed by atoms with van der Waals surface area (Å²) in [5, 5.41) is 24.4. The first-order valence-corrected chi connectivity index (χ1v) is 11.1. The van der Waals surface area contributed by atoms with Crippen molar-refractivity contribution in [3.63, 3.8) is 0 Å². The summed E-state index contributed by atoms with van der Waals surface area (Å²) in [6.07, 6.45) is 0. The number of carbonyl (C=O) groups is 2. The molecule has 34 heavy (non-hydrogen) atoms. The smallest absolute Gasteiger partial charge is 0.336 e. The number of benzene rings is 3. The number of carboxylic acid groups (broad SMARTS) is 2. The molecule has 2 aliphatic rings. The molecule has 0 unspecified atom stereocenters. The second kappa shape index (κ2) is 9.02. The maximum absolute atomic E-state index is 12.2. The Morgan fingerprint density at radius 1 is 0.941 bits per heavy atom. The second-order valence-electron chi connectivity index (χ2n) is 8.15. The average molecular weight is 459 g/mol. The van der Waals surface area contributed by atoms with E-state index in [-0.39, 0.29) is 11.1 Å². The number of aromatic carboxylic acids is 2. The van der Waals surface area contributed by atoms with Gasteiger partial charge in [-0.1, -0.05) is 0 Å². The van der Waals surface area contributed by atoms with E-state index in [1.165, 1.54) is 18.2 Å². The Hall–Kier alpha value is -4.13. The summed E-state index contributed by atoms with van der Waals surface area (Å²) in [6, 6.07) is 11.7. The highest BCUT2D eigenvalue weighted by Crippen LogP contribution is 2.43. The zero-order valence-electron chi connectivity index (χ0n) is 19.5. The average Bonchev–Trinajstić information content (AvgIpc) is 2.79. The molecule has 0 radical (unpaired) electrons. The summed E-state index contributed by atoms with van der Waals surface area (Å²) < 4.78 is 6.31. The van der Waals surface area contributed by atoms with Crippen LogP contribution in [-0.4, -0.2) is 35.2 Å². The van der Waals surface area contributed by atoms with Gasteiger partial charge >= 0.3 is 11.9 Å². The summed E-state index contributed by atoms with van der Waals surface area (Å²) >= 11 is 0. The van der Waals surface area contributed by atoms with Crippen LogP contribution in [0.2, 0.25) is 0 Å². The summed E-state index contributed by atoms with van der Waals surface area (Å²) in [5.74, 6) is -1.72. The molecule has 2 aromatic rings. The van der Waals surface area contributed by atoms with Gasteiger partial charge in [-0.05, 0) is 74.7 Å². The molecule has 2 aromatic carbocycles. The molecule has 4 rings (SSSR count). The highest BCUT2D eigenvalue weighted by molar-refractivity contribution is 6.09. The molecular formula is C27H26N2O5. The predicted octanol–water partition coefficient (Wildman–Crippen LogP) is 5.57.